The number of aliphatic hydroxyl groups is 1. The first kappa shape index (κ1) is 14.3. The maximum Gasteiger partial charge on any atom is 0.273 e. The second-order valence-corrected chi connectivity index (χ2v) is 6.85. The molecular formula is C15H11I2NO2. The van der Waals surface area contributed by atoms with E-state index >= 15 is 0 Å². The molecule has 102 valence electrons. The van der Waals surface area contributed by atoms with Crippen molar-refractivity contribution in [1.29, 1.82) is 0 Å². The predicted octanol–water partition coefficient (Wildman–Crippen LogP) is 3.84. The van der Waals surface area contributed by atoms with Gasteiger partial charge in [-0.05, 0) is 62.9 Å². The van der Waals surface area contributed by atoms with Crippen molar-refractivity contribution in [2.75, 3.05) is 0 Å². The van der Waals surface area contributed by atoms with Crippen LogP contribution < -0.4 is 0 Å². The third kappa shape index (κ3) is 2.35. The van der Waals surface area contributed by atoms with Crippen LogP contribution in [0.4, 0.5) is 0 Å². The Bertz CT molecular complexity index is 674. The lowest BCUT2D eigenvalue weighted by atomic mass is 9.87. The largest absolute Gasteiger partial charge is 0.354 e. The van der Waals surface area contributed by atoms with Crippen molar-refractivity contribution in [3.63, 3.8) is 0 Å². The average molecular weight is 491 g/mol. The minimum atomic E-state index is -1.45. The summed E-state index contributed by atoms with van der Waals surface area (Å²) in [4.78, 5) is 5.35. The first-order valence-electron chi connectivity index (χ1n) is 6.06. The summed E-state index contributed by atoms with van der Waals surface area (Å²) in [7, 11) is 0. The van der Waals surface area contributed by atoms with Crippen LogP contribution in [-0.4, -0.2) is 11.3 Å². The van der Waals surface area contributed by atoms with Crippen LogP contribution in [0.2, 0.25) is 0 Å². The highest BCUT2D eigenvalue weighted by Crippen LogP contribution is 2.43. The van der Waals surface area contributed by atoms with Crippen LogP contribution >= 0.6 is 45.2 Å². The van der Waals surface area contributed by atoms with E-state index in [0.29, 0.717) is 0 Å². The maximum atomic E-state index is 11.0. The smallest absolute Gasteiger partial charge is 0.273 e. The molecule has 3 rings (SSSR count). The molecule has 1 heterocycles. The van der Waals surface area contributed by atoms with Crippen molar-refractivity contribution < 1.29 is 9.94 Å². The molecule has 1 N–H and O–H groups in total. The summed E-state index contributed by atoms with van der Waals surface area (Å²) in [5.41, 5.74) is 1.75. The molecule has 2 unspecified atom stereocenters. The van der Waals surface area contributed by atoms with Crippen LogP contribution in [0.15, 0.2) is 53.7 Å². The second kappa shape index (κ2) is 5.61. The molecular weight excluding hydrogens is 480 g/mol. The Kier molecular flexibility index (Phi) is 4.00. The number of benzene rings is 2. The minimum absolute atomic E-state index is 0.313. The standard InChI is InChI=1S/C15H11I2NO2/c16-13-7-3-1-5-10(13)12-9-18-20-15(12,19)11-6-2-4-8-14(11)17/h1-9,12,19H. The molecule has 20 heavy (non-hydrogen) atoms. The lowest BCUT2D eigenvalue weighted by Crippen LogP contribution is -2.33. The van der Waals surface area contributed by atoms with Gasteiger partial charge in [-0.2, -0.15) is 0 Å². The third-order valence-corrected chi connectivity index (χ3v) is 5.25. The fourth-order valence-electron chi connectivity index (χ4n) is 2.32. The van der Waals surface area contributed by atoms with Crippen LogP contribution in [0.3, 0.4) is 0 Å². The van der Waals surface area contributed by atoms with Gasteiger partial charge < -0.3 is 9.94 Å². The highest BCUT2D eigenvalue weighted by Gasteiger charge is 2.47. The number of nitrogens with zero attached hydrogens (tertiary/aromatic N) is 1. The first-order chi connectivity index (χ1) is 9.63. The predicted molar refractivity (Wildman–Crippen MR) is 94.5 cm³/mol. The van der Waals surface area contributed by atoms with Crippen LogP contribution in [0.25, 0.3) is 0 Å². The molecule has 2 aromatic carbocycles. The van der Waals surface area contributed by atoms with Gasteiger partial charge in [0, 0.05) is 12.7 Å². The summed E-state index contributed by atoms with van der Waals surface area (Å²) in [6.07, 6.45) is 1.67. The highest BCUT2D eigenvalue weighted by molar-refractivity contribution is 14.1. The fourth-order valence-corrected chi connectivity index (χ4v) is 3.81. The van der Waals surface area contributed by atoms with Crippen molar-refractivity contribution in [2.24, 2.45) is 5.16 Å². The van der Waals surface area contributed by atoms with Crippen molar-refractivity contribution in [2.45, 2.75) is 11.7 Å². The van der Waals surface area contributed by atoms with Crippen LogP contribution in [0.5, 0.6) is 0 Å². The molecule has 0 radical (unpaired) electrons. The zero-order valence-corrected chi connectivity index (χ0v) is 14.6. The van der Waals surface area contributed by atoms with Crippen molar-refractivity contribution in [3.8, 4) is 0 Å². The van der Waals surface area contributed by atoms with Crippen LogP contribution in [0.1, 0.15) is 17.0 Å². The molecule has 0 saturated heterocycles. The molecule has 1 aliphatic heterocycles. The van der Waals surface area contributed by atoms with Gasteiger partial charge in [-0.25, -0.2) is 0 Å². The van der Waals surface area contributed by atoms with Gasteiger partial charge in [-0.1, -0.05) is 41.6 Å². The Morgan fingerprint density at radius 2 is 1.65 bits per heavy atom. The Morgan fingerprint density at radius 1 is 1.00 bits per heavy atom. The van der Waals surface area contributed by atoms with Crippen molar-refractivity contribution >= 4 is 51.4 Å². The lowest BCUT2D eigenvalue weighted by Gasteiger charge is -2.28. The average Bonchev–Trinajstić information content (AvgIpc) is 2.83. The van der Waals surface area contributed by atoms with Crippen molar-refractivity contribution in [1.82, 2.24) is 0 Å². The Labute approximate surface area is 144 Å². The molecule has 2 aromatic rings. The SMILES string of the molecule is OC1(c2ccccc2I)ON=CC1c1ccccc1I. The molecule has 0 bridgehead atoms. The van der Waals surface area contributed by atoms with Gasteiger partial charge in [0.2, 0.25) is 0 Å². The van der Waals surface area contributed by atoms with E-state index < -0.39 is 5.79 Å². The number of halogens is 2. The Hall–Kier alpha value is -0.670. The third-order valence-electron chi connectivity index (χ3n) is 3.32. The highest BCUT2D eigenvalue weighted by atomic mass is 127. The maximum absolute atomic E-state index is 11.0. The fraction of sp³-hybridized carbons (Fsp3) is 0.133. The van der Waals surface area contributed by atoms with Gasteiger partial charge in [-0.3, -0.25) is 0 Å². The molecule has 0 spiro atoms. The molecule has 5 heteroatoms. The molecule has 0 amide bonds. The van der Waals surface area contributed by atoms with Crippen LogP contribution in [-0.2, 0) is 10.6 Å². The van der Waals surface area contributed by atoms with E-state index in [4.69, 9.17) is 4.84 Å². The topological polar surface area (TPSA) is 41.8 Å². The number of hydrogen-bond acceptors (Lipinski definition) is 3. The van der Waals surface area contributed by atoms with E-state index in [-0.39, 0.29) is 5.92 Å². The monoisotopic (exact) mass is 491 g/mol. The summed E-state index contributed by atoms with van der Waals surface area (Å²) in [5, 5.41) is 14.9. The van der Waals surface area contributed by atoms with Crippen LogP contribution in [0, 0.1) is 7.14 Å². The minimum Gasteiger partial charge on any atom is -0.354 e. The molecule has 0 fully saturated rings. The quantitative estimate of drug-likeness (QED) is 0.650. The Balaban J connectivity index is 2.10. The van der Waals surface area contributed by atoms with E-state index in [0.717, 1.165) is 18.3 Å². The van der Waals surface area contributed by atoms with E-state index in [1.165, 1.54) is 0 Å². The van der Waals surface area contributed by atoms with Gasteiger partial charge in [-0.15, -0.1) is 0 Å². The molecule has 0 aliphatic carbocycles. The van der Waals surface area contributed by atoms with Gasteiger partial charge in [0.15, 0.2) is 0 Å². The number of hydrogen-bond donors (Lipinski definition) is 1. The zero-order valence-electron chi connectivity index (χ0n) is 10.3. The van der Waals surface area contributed by atoms with Crippen molar-refractivity contribution in [3.05, 3.63) is 66.8 Å². The summed E-state index contributed by atoms with van der Waals surface area (Å²) in [6, 6.07) is 15.6. The summed E-state index contributed by atoms with van der Waals surface area (Å²) in [6.45, 7) is 0. The second-order valence-electron chi connectivity index (χ2n) is 4.52. The normalized spacial score (nSPS) is 24.6. The first-order valence-corrected chi connectivity index (χ1v) is 8.22. The molecule has 1 aliphatic rings. The summed E-state index contributed by atoms with van der Waals surface area (Å²) < 4.78 is 2.03. The van der Waals surface area contributed by atoms with Gasteiger partial charge in [0.1, 0.15) is 0 Å². The summed E-state index contributed by atoms with van der Waals surface area (Å²) in [5.74, 6) is -1.76. The van der Waals surface area contributed by atoms with Gasteiger partial charge in [0.05, 0.1) is 12.1 Å². The van der Waals surface area contributed by atoms with Gasteiger partial charge in [0.25, 0.3) is 5.79 Å². The van der Waals surface area contributed by atoms with E-state index in [2.05, 4.69) is 50.3 Å². The van der Waals surface area contributed by atoms with E-state index in [1.54, 1.807) is 6.21 Å². The summed E-state index contributed by atoms with van der Waals surface area (Å²) >= 11 is 4.47. The van der Waals surface area contributed by atoms with E-state index in [1.807, 2.05) is 48.5 Å². The molecule has 0 aromatic heterocycles. The number of rotatable bonds is 2. The molecule has 0 saturated carbocycles. The molecule has 2 atom stereocenters. The number of oxime groups is 1. The van der Waals surface area contributed by atoms with E-state index in [9.17, 15) is 5.11 Å². The Morgan fingerprint density at radius 3 is 2.35 bits per heavy atom. The zero-order chi connectivity index (χ0) is 14.2. The molecule has 3 nitrogen and oxygen atoms in total. The lowest BCUT2D eigenvalue weighted by molar-refractivity contribution is -0.203. The van der Waals surface area contributed by atoms with Gasteiger partial charge >= 0.3 is 0 Å².